The zero-order valence-corrected chi connectivity index (χ0v) is 11.5. The van der Waals surface area contributed by atoms with E-state index in [0.29, 0.717) is 24.1 Å². The number of benzene rings is 1. The van der Waals surface area contributed by atoms with Crippen molar-refractivity contribution < 1.29 is 0 Å². The molecule has 4 heteroatoms. The fourth-order valence-electron chi connectivity index (χ4n) is 1.76. The lowest BCUT2D eigenvalue weighted by Crippen LogP contribution is -2.31. The van der Waals surface area contributed by atoms with Crippen LogP contribution in [-0.2, 0) is 6.54 Å². The van der Waals surface area contributed by atoms with Gasteiger partial charge in [-0.25, -0.2) is 0 Å². The molecule has 0 amide bonds. The summed E-state index contributed by atoms with van der Waals surface area (Å²) in [5, 5.41) is 13.3. The van der Waals surface area contributed by atoms with Crippen LogP contribution in [-0.4, -0.2) is 17.0 Å². The fourth-order valence-corrected chi connectivity index (χ4v) is 2.96. The van der Waals surface area contributed by atoms with Gasteiger partial charge in [-0.3, -0.25) is 4.99 Å². The van der Waals surface area contributed by atoms with E-state index in [1.54, 1.807) is 11.8 Å². The van der Waals surface area contributed by atoms with Gasteiger partial charge in [0.15, 0.2) is 5.17 Å². The predicted molar refractivity (Wildman–Crippen MR) is 76.5 cm³/mol. The van der Waals surface area contributed by atoms with Crippen LogP contribution in [0.3, 0.4) is 0 Å². The van der Waals surface area contributed by atoms with Crippen LogP contribution in [0.1, 0.15) is 25.0 Å². The van der Waals surface area contributed by atoms with Crippen molar-refractivity contribution in [2.45, 2.75) is 26.4 Å². The molecular weight excluding hydrogens is 242 g/mol. The highest BCUT2D eigenvalue weighted by atomic mass is 32.2. The monoisotopic (exact) mass is 259 g/mol. The largest absolute Gasteiger partial charge is 0.361 e. The molecule has 1 aliphatic heterocycles. The van der Waals surface area contributed by atoms with E-state index in [2.05, 4.69) is 30.2 Å². The van der Waals surface area contributed by atoms with Crippen molar-refractivity contribution in [2.24, 2.45) is 10.9 Å². The van der Waals surface area contributed by atoms with Crippen molar-refractivity contribution in [3.8, 4) is 6.07 Å². The molecular formula is C14H17N3S. The molecule has 1 fully saturated rings. The molecule has 0 bridgehead atoms. The lowest BCUT2D eigenvalue weighted by molar-refractivity contribution is 0.503. The van der Waals surface area contributed by atoms with Gasteiger partial charge in [-0.2, -0.15) is 5.26 Å². The number of hydrogen-bond acceptors (Lipinski definition) is 3. The fraction of sp³-hybridized carbons (Fsp3) is 0.429. The van der Waals surface area contributed by atoms with Crippen molar-refractivity contribution >= 4 is 16.9 Å². The van der Waals surface area contributed by atoms with Crippen molar-refractivity contribution in [3.05, 3.63) is 35.4 Å². The molecule has 1 saturated heterocycles. The van der Waals surface area contributed by atoms with Gasteiger partial charge in [0.2, 0.25) is 0 Å². The Balaban J connectivity index is 1.97. The number of hydrogen-bond donors (Lipinski definition) is 1. The number of nitriles is 1. The summed E-state index contributed by atoms with van der Waals surface area (Å²) < 4.78 is 0. The van der Waals surface area contributed by atoms with Gasteiger partial charge < -0.3 is 5.32 Å². The van der Waals surface area contributed by atoms with Gasteiger partial charge in [-0.1, -0.05) is 37.7 Å². The van der Waals surface area contributed by atoms with Crippen LogP contribution in [0, 0.1) is 17.2 Å². The van der Waals surface area contributed by atoms with E-state index in [0.717, 1.165) is 16.5 Å². The van der Waals surface area contributed by atoms with E-state index in [9.17, 15) is 0 Å². The van der Waals surface area contributed by atoms with E-state index in [1.807, 2.05) is 24.3 Å². The first kappa shape index (κ1) is 13.0. The summed E-state index contributed by atoms with van der Waals surface area (Å²) in [7, 11) is 0. The second-order valence-electron chi connectivity index (χ2n) is 4.74. The van der Waals surface area contributed by atoms with Gasteiger partial charge in [-0.05, 0) is 23.6 Å². The van der Waals surface area contributed by atoms with E-state index in [-0.39, 0.29) is 0 Å². The van der Waals surface area contributed by atoms with Crippen LogP contribution in [0.2, 0.25) is 0 Å². The Kier molecular flexibility index (Phi) is 4.27. The lowest BCUT2D eigenvalue weighted by atomic mass is 10.1. The molecule has 94 valence electrons. The Labute approximate surface area is 112 Å². The van der Waals surface area contributed by atoms with Crippen molar-refractivity contribution in [1.82, 2.24) is 5.32 Å². The van der Waals surface area contributed by atoms with E-state index in [4.69, 9.17) is 5.26 Å². The van der Waals surface area contributed by atoms with Crippen LogP contribution in [0.5, 0.6) is 0 Å². The molecule has 1 aliphatic rings. The van der Waals surface area contributed by atoms with Gasteiger partial charge in [0.25, 0.3) is 0 Å². The van der Waals surface area contributed by atoms with Gasteiger partial charge in [0.1, 0.15) is 0 Å². The molecule has 1 atom stereocenters. The molecule has 1 aromatic carbocycles. The van der Waals surface area contributed by atoms with Gasteiger partial charge in [-0.15, -0.1) is 0 Å². The molecule has 1 unspecified atom stereocenters. The third kappa shape index (κ3) is 3.27. The number of nitrogens with zero attached hydrogens (tertiary/aromatic N) is 2. The van der Waals surface area contributed by atoms with Crippen molar-refractivity contribution in [3.63, 3.8) is 0 Å². The van der Waals surface area contributed by atoms with Crippen molar-refractivity contribution in [2.75, 3.05) is 5.75 Å². The average Bonchev–Trinajstić information content (AvgIpc) is 2.85. The molecule has 1 heterocycles. The molecule has 18 heavy (non-hydrogen) atoms. The van der Waals surface area contributed by atoms with Gasteiger partial charge >= 0.3 is 0 Å². The minimum Gasteiger partial charge on any atom is -0.361 e. The molecule has 1 N–H and O–H groups in total. The number of amidine groups is 1. The van der Waals surface area contributed by atoms with E-state index < -0.39 is 0 Å². The average molecular weight is 259 g/mol. The predicted octanol–water partition coefficient (Wildman–Crippen LogP) is 2.78. The Morgan fingerprint density at radius 1 is 1.56 bits per heavy atom. The summed E-state index contributed by atoms with van der Waals surface area (Å²) in [5.41, 5.74) is 1.77. The first-order chi connectivity index (χ1) is 8.69. The van der Waals surface area contributed by atoms with Gasteiger partial charge in [0, 0.05) is 11.8 Å². The highest BCUT2D eigenvalue weighted by Crippen LogP contribution is 2.19. The summed E-state index contributed by atoms with van der Waals surface area (Å²) in [6.07, 6.45) is 0. The Hall–Kier alpha value is -1.47. The van der Waals surface area contributed by atoms with Crippen molar-refractivity contribution in [1.29, 1.82) is 5.26 Å². The summed E-state index contributed by atoms with van der Waals surface area (Å²) in [5.74, 6) is 1.72. The first-order valence-electron chi connectivity index (χ1n) is 6.12. The van der Waals surface area contributed by atoms with Crippen LogP contribution in [0.25, 0.3) is 0 Å². The van der Waals surface area contributed by atoms with E-state index in [1.165, 1.54) is 0 Å². The molecule has 0 aromatic heterocycles. The lowest BCUT2D eigenvalue weighted by Gasteiger charge is -2.13. The number of thioether (sulfide) groups is 1. The summed E-state index contributed by atoms with van der Waals surface area (Å²) >= 11 is 1.78. The number of nitrogens with one attached hydrogen (secondary N) is 1. The van der Waals surface area contributed by atoms with Crippen LogP contribution < -0.4 is 5.32 Å². The standard InChI is InChI=1S/C14H17N3S/c1-10(2)13-9-18-14(17-13)16-8-12-5-3-4-11(6-12)7-15/h3-6,10,13H,8-9H2,1-2H3,(H,16,17). The smallest absolute Gasteiger partial charge is 0.157 e. The maximum Gasteiger partial charge on any atom is 0.157 e. The third-order valence-corrected chi connectivity index (χ3v) is 4.02. The minimum absolute atomic E-state index is 0.527. The summed E-state index contributed by atoms with van der Waals surface area (Å²) in [4.78, 5) is 4.56. The maximum absolute atomic E-state index is 8.84. The van der Waals surface area contributed by atoms with Crippen LogP contribution in [0.4, 0.5) is 0 Å². The third-order valence-electron chi connectivity index (χ3n) is 2.97. The molecule has 0 spiro atoms. The molecule has 0 saturated carbocycles. The second kappa shape index (κ2) is 5.92. The quantitative estimate of drug-likeness (QED) is 0.908. The minimum atomic E-state index is 0.527. The molecule has 0 aliphatic carbocycles. The highest BCUT2D eigenvalue weighted by Gasteiger charge is 2.22. The van der Waals surface area contributed by atoms with Crippen LogP contribution in [0.15, 0.2) is 29.3 Å². The van der Waals surface area contributed by atoms with Gasteiger partial charge in [0.05, 0.1) is 18.2 Å². The molecule has 2 rings (SSSR count). The summed E-state index contributed by atoms with van der Waals surface area (Å²) in [6, 6.07) is 10.3. The highest BCUT2D eigenvalue weighted by molar-refractivity contribution is 8.14. The molecule has 3 nitrogen and oxygen atoms in total. The summed E-state index contributed by atoms with van der Waals surface area (Å²) in [6.45, 7) is 5.07. The zero-order valence-electron chi connectivity index (χ0n) is 10.7. The normalized spacial score (nSPS) is 21.0. The van der Waals surface area contributed by atoms with E-state index >= 15 is 0 Å². The Bertz CT molecular complexity index is 488. The number of rotatable bonds is 3. The second-order valence-corrected chi connectivity index (χ2v) is 5.75. The topological polar surface area (TPSA) is 48.2 Å². The molecule has 1 aromatic rings. The first-order valence-corrected chi connectivity index (χ1v) is 7.10. The molecule has 0 radical (unpaired) electrons. The number of aliphatic imine (C=N–C) groups is 1. The Morgan fingerprint density at radius 2 is 2.39 bits per heavy atom. The maximum atomic E-state index is 8.84. The zero-order chi connectivity index (χ0) is 13.0. The van der Waals surface area contributed by atoms with Crippen LogP contribution >= 0.6 is 11.8 Å². The Morgan fingerprint density at radius 3 is 3.06 bits per heavy atom. The SMILES string of the molecule is CC(C)C1CSC(=NCc2cccc(C#N)c2)N1.